The molecule has 1 aromatic carbocycles. The number of hydrogen-bond donors (Lipinski definition) is 2. The van der Waals surface area contributed by atoms with Crippen LogP contribution in [0.25, 0.3) is 23.4 Å². The van der Waals surface area contributed by atoms with Crippen LogP contribution in [0.2, 0.25) is 0 Å². The maximum absolute atomic E-state index is 14.0. The number of allylic oxidation sites excluding steroid dienone is 1. The minimum absolute atomic E-state index is 0.00557. The predicted octanol–water partition coefficient (Wildman–Crippen LogP) is 2.33. The van der Waals surface area contributed by atoms with Crippen molar-refractivity contribution in [2.24, 2.45) is 0 Å². The Morgan fingerprint density at radius 3 is 2.67 bits per heavy atom. The third kappa shape index (κ3) is 3.87. The van der Waals surface area contributed by atoms with E-state index < -0.39 is 11.6 Å². The zero-order valence-corrected chi connectivity index (χ0v) is 14.7. The van der Waals surface area contributed by atoms with Crippen LogP contribution >= 0.6 is 0 Å². The normalized spacial score (nSPS) is 12.4. The molecule has 0 fully saturated rings. The summed E-state index contributed by atoms with van der Waals surface area (Å²) >= 11 is 0. The van der Waals surface area contributed by atoms with Gasteiger partial charge in [0.05, 0.1) is 12.8 Å². The molecule has 0 radical (unpaired) electrons. The fourth-order valence-electron chi connectivity index (χ4n) is 2.75. The summed E-state index contributed by atoms with van der Waals surface area (Å²) in [6.07, 6.45) is 6.91. The summed E-state index contributed by atoms with van der Waals surface area (Å²) in [6.45, 7) is 3.69. The van der Waals surface area contributed by atoms with Gasteiger partial charge >= 0.3 is 0 Å². The Kier molecular flexibility index (Phi) is 5.30. The van der Waals surface area contributed by atoms with E-state index in [-0.39, 0.29) is 17.9 Å². The Balaban J connectivity index is 2.17. The van der Waals surface area contributed by atoms with E-state index in [1.807, 2.05) is 0 Å². The standard InChI is InChI=1S/C20H18F2N4O/c1-3-5-17-12(8-9-13-15(21)6-4-7-16(13)22)14(11-24-17)18-10-19(27-2)26-20(23)25-18/h3-8,10-11,24H,1,9H2,2H3,(H2,23,25,26)/b12-8-,17-5+. The first-order chi connectivity index (χ1) is 13.0. The summed E-state index contributed by atoms with van der Waals surface area (Å²) < 4.78 is 33.1. The van der Waals surface area contributed by atoms with Crippen LogP contribution < -0.4 is 21.0 Å². The molecule has 0 saturated heterocycles. The van der Waals surface area contributed by atoms with Crippen LogP contribution in [-0.4, -0.2) is 22.1 Å². The summed E-state index contributed by atoms with van der Waals surface area (Å²) in [6, 6.07) is 5.44. The van der Waals surface area contributed by atoms with E-state index in [1.165, 1.54) is 25.3 Å². The van der Waals surface area contributed by atoms with E-state index in [1.54, 1.807) is 30.5 Å². The second-order valence-corrected chi connectivity index (χ2v) is 5.69. The molecule has 0 aliphatic carbocycles. The lowest BCUT2D eigenvalue weighted by molar-refractivity contribution is 0.398. The van der Waals surface area contributed by atoms with Gasteiger partial charge in [-0.1, -0.05) is 24.8 Å². The molecule has 0 spiro atoms. The third-order valence-electron chi connectivity index (χ3n) is 4.01. The molecular weight excluding hydrogens is 350 g/mol. The van der Waals surface area contributed by atoms with Crippen molar-refractivity contribution < 1.29 is 13.5 Å². The first kappa shape index (κ1) is 18.3. The number of nitrogen functional groups attached to an aromatic ring is 1. The number of aromatic amines is 1. The van der Waals surface area contributed by atoms with Crippen LogP contribution in [0.1, 0.15) is 5.56 Å². The van der Waals surface area contributed by atoms with Crippen molar-refractivity contribution in [3.05, 3.63) is 70.9 Å². The SMILES string of the molecule is C=C/C=c1/[nH]cc(-c2cc(OC)nc(N)n2)/c1=C/Cc1c(F)cccc1F. The highest BCUT2D eigenvalue weighted by atomic mass is 19.1. The quantitative estimate of drug-likeness (QED) is 0.725. The molecule has 0 aliphatic heterocycles. The lowest BCUT2D eigenvalue weighted by atomic mass is 10.1. The van der Waals surface area contributed by atoms with Crippen LogP contribution in [-0.2, 0) is 6.42 Å². The second kappa shape index (κ2) is 7.82. The molecule has 0 saturated carbocycles. The fraction of sp³-hybridized carbons (Fsp3) is 0.100. The van der Waals surface area contributed by atoms with Gasteiger partial charge in [-0.05, 0) is 24.6 Å². The number of rotatable bonds is 5. The maximum Gasteiger partial charge on any atom is 0.223 e. The summed E-state index contributed by atoms with van der Waals surface area (Å²) in [5, 5.41) is 1.45. The molecule has 3 N–H and O–H groups in total. The summed E-state index contributed by atoms with van der Waals surface area (Å²) in [4.78, 5) is 11.3. The number of hydrogen-bond acceptors (Lipinski definition) is 4. The zero-order valence-electron chi connectivity index (χ0n) is 14.7. The van der Waals surface area contributed by atoms with Crippen molar-refractivity contribution in [1.82, 2.24) is 15.0 Å². The largest absolute Gasteiger partial charge is 0.481 e. The van der Waals surface area contributed by atoms with Gasteiger partial charge in [0, 0.05) is 34.0 Å². The van der Waals surface area contributed by atoms with Gasteiger partial charge in [0.15, 0.2) is 0 Å². The average Bonchev–Trinajstić information content (AvgIpc) is 3.04. The molecule has 0 bridgehead atoms. The van der Waals surface area contributed by atoms with E-state index in [0.717, 1.165) is 10.6 Å². The van der Waals surface area contributed by atoms with Gasteiger partial charge in [-0.2, -0.15) is 4.98 Å². The van der Waals surface area contributed by atoms with Gasteiger partial charge in [0.2, 0.25) is 11.8 Å². The third-order valence-corrected chi connectivity index (χ3v) is 4.01. The Bertz CT molecular complexity index is 1090. The molecule has 3 aromatic rings. The molecule has 0 atom stereocenters. The number of ether oxygens (including phenoxy) is 1. The molecule has 7 heteroatoms. The minimum atomic E-state index is -0.592. The first-order valence-corrected chi connectivity index (χ1v) is 8.15. The minimum Gasteiger partial charge on any atom is -0.481 e. The summed E-state index contributed by atoms with van der Waals surface area (Å²) in [7, 11) is 1.48. The molecule has 0 unspecified atom stereocenters. The molecule has 3 rings (SSSR count). The predicted molar refractivity (Wildman–Crippen MR) is 101 cm³/mol. The number of methoxy groups -OCH3 is 1. The van der Waals surface area contributed by atoms with Crippen LogP contribution in [0, 0.1) is 11.6 Å². The topological polar surface area (TPSA) is 76.8 Å². The van der Waals surface area contributed by atoms with E-state index in [9.17, 15) is 8.78 Å². The van der Waals surface area contributed by atoms with Gasteiger partial charge in [-0.25, -0.2) is 13.8 Å². The number of anilines is 1. The highest BCUT2D eigenvalue weighted by Gasteiger charge is 2.10. The van der Waals surface area contributed by atoms with Crippen molar-refractivity contribution in [1.29, 1.82) is 0 Å². The Morgan fingerprint density at radius 1 is 1.26 bits per heavy atom. The van der Waals surface area contributed by atoms with Gasteiger partial charge in [0.1, 0.15) is 11.6 Å². The molecule has 0 aliphatic rings. The highest BCUT2D eigenvalue weighted by Crippen LogP contribution is 2.18. The van der Waals surface area contributed by atoms with Crippen LogP contribution in [0.4, 0.5) is 14.7 Å². The van der Waals surface area contributed by atoms with Crippen molar-refractivity contribution in [3.63, 3.8) is 0 Å². The average molecular weight is 368 g/mol. The van der Waals surface area contributed by atoms with Crippen molar-refractivity contribution in [3.8, 4) is 17.1 Å². The molecule has 2 aromatic heterocycles. The first-order valence-electron chi connectivity index (χ1n) is 8.15. The molecule has 5 nitrogen and oxygen atoms in total. The number of benzene rings is 1. The number of nitrogens with one attached hydrogen (secondary N) is 1. The van der Waals surface area contributed by atoms with E-state index in [0.29, 0.717) is 17.1 Å². The molecule has 138 valence electrons. The van der Waals surface area contributed by atoms with Gasteiger partial charge < -0.3 is 15.5 Å². The highest BCUT2D eigenvalue weighted by molar-refractivity contribution is 5.64. The van der Waals surface area contributed by atoms with Gasteiger partial charge in [-0.15, -0.1) is 0 Å². The van der Waals surface area contributed by atoms with Crippen LogP contribution in [0.5, 0.6) is 5.88 Å². The smallest absolute Gasteiger partial charge is 0.223 e. The Morgan fingerprint density at radius 2 is 2.00 bits per heavy atom. The monoisotopic (exact) mass is 368 g/mol. The van der Waals surface area contributed by atoms with Crippen molar-refractivity contribution >= 4 is 18.1 Å². The van der Waals surface area contributed by atoms with Crippen LogP contribution in [0.3, 0.4) is 0 Å². The molecular formula is C20H18F2N4O. The van der Waals surface area contributed by atoms with Crippen molar-refractivity contribution in [2.45, 2.75) is 6.42 Å². The number of aromatic nitrogens is 3. The number of nitrogens with zero attached hydrogens (tertiary/aromatic N) is 2. The maximum atomic E-state index is 14.0. The molecule has 0 amide bonds. The lowest BCUT2D eigenvalue weighted by Gasteiger charge is -2.04. The van der Waals surface area contributed by atoms with Gasteiger partial charge in [0.25, 0.3) is 0 Å². The fourth-order valence-corrected chi connectivity index (χ4v) is 2.75. The van der Waals surface area contributed by atoms with Crippen LogP contribution in [0.15, 0.2) is 43.1 Å². The number of halogens is 2. The second-order valence-electron chi connectivity index (χ2n) is 5.69. The van der Waals surface area contributed by atoms with E-state index >= 15 is 0 Å². The lowest BCUT2D eigenvalue weighted by Crippen LogP contribution is -2.24. The summed E-state index contributed by atoms with van der Waals surface area (Å²) in [5.41, 5.74) is 6.97. The zero-order chi connectivity index (χ0) is 19.4. The number of H-pyrrole nitrogens is 1. The van der Waals surface area contributed by atoms with Crippen molar-refractivity contribution in [2.75, 3.05) is 12.8 Å². The molecule has 27 heavy (non-hydrogen) atoms. The summed E-state index contributed by atoms with van der Waals surface area (Å²) in [5.74, 6) is -0.805. The van der Waals surface area contributed by atoms with E-state index in [2.05, 4.69) is 21.5 Å². The number of nitrogens with two attached hydrogens (primary N) is 1. The van der Waals surface area contributed by atoms with E-state index in [4.69, 9.17) is 10.5 Å². The Hall–Kier alpha value is -3.48. The Labute approximate surface area is 154 Å². The molecule has 2 heterocycles. The van der Waals surface area contributed by atoms with Gasteiger partial charge in [-0.3, -0.25) is 0 Å².